The van der Waals surface area contributed by atoms with E-state index in [1.165, 1.54) is 0 Å². The number of carbonyl (C=O) groups excluding carboxylic acids is 2. The Bertz CT molecular complexity index is 373. The molecule has 1 rings (SSSR count). The average molecular weight is 219 g/mol. The molecule has 0 spiro atoms. The van der Waals surface area contributed by atoms with E-state index in [1.54, 1.807) is 0 Å². The Balaban J connectivity index is 2.25. The summed E-state index contributed by atoms with van der Waals surface area (Å²) in [5.74, 6) is -0.794. The first-order valence-electron chi connectivity index (χ1n) is 4.91. The van der Waals surface area contributed by atoms with Crippen LogP contribution in [0, 0.1) is 0 Å². The highest BCUT2D eigenvalue weighted by Gasteiger charge is 2.06. The van der Waals surface area contributed by atoms with Crippen molar-refractivity contribution in [3.8, 4) is 0 Å². The Kier molecular flexibility index (Phi) is 4.92. The van der Waals surface area contributed by atoms with E-state index in [0.29, 0.717) is 0 Å². The van der Waals surface area contributed by atoms with Crippen LogP contribution in [0.5, 0.6) is 0 Å². The van der Waals surface area contributed by atoms with Gasteiger partial charge in [-0.15, -0.1) is 0 Å². The number of rotatable bonds is 5. The van der Waals surface area contributed by atoms with Gasteiger partial charge < -0.3 is 4.74 Å². The van der Waals surface area contributed by atoms with Gasteiger partial charge >= 0.3 is 5.97 Å². The number of esters is 1. The third-order valence-corrected chi connectivity index (χ3v) is 1.96. The molecule has 0 radical (unpaired) electrons. The van der Waals surface area contributed by atoms with Gasteiger partial charge in [-0.3, -0.25) is 9.59 Å². The second-order valence-corrected chi connectivity index (χ2v) is 3.20. The van der Waals surface area contributed by atoms with E-state index in [0.717, 1.165) is 5.56 Å². The van der Waals surface area contributed by atoms with E-state index in [2.05, 4.69) is 11.7 Å². The third kappa shape index (κ3) is 4.50. The molecule has 84 valence electrons. The highest BCUT2D eigenvalue weighted by Crippen LogP contribution is 2.02. The van der Waals surface area contributed by atoms with Crippen LogP contribution in [0.25, 0.3) is 0 Å². The number of ether oxygens (including phenoxy) is 1. The summed E-state index contributed by atoms with van der Waals surface area (Å²) in [5.41, 5.74) is 0.920. The lowest BCUT2D eigenvalue weighted by Gasteiger charge is -2.03. The molecule has 0 bridgehead atoms. The van der Waals surface area contributed by atoms with Gasteiger partial charge in [0.25, 0.3) is 0 Å². The van der Waals surface area contributed by atoms with Crippen molar-refractivity contribution in [1.29, 1.82) is 0 Å². The Labute approximate surface area is 94.0 Å². The van der Waals surface area contributed by atoms with Crippen molar-refractivity contribution >= 4 is 18.6 Å². The van der Waals surface area contributed by atoms with Gasteiger partial charge in [0, 0.05) is 6.42 Å². The molecule has 0 saturated heterocycles. The quantitative estimate of drug-likeness (QED) is 0.560. The molecule has 0 fully saturated rings. The molecule has 0 aliphatic carbocycles. The topological polar surface area (TPSA) is 55.7 Å². The Morgan fingerprint density at radius 1 is 1.19 bits per heavy atom. The maximum Gasteiger partial charge on any atom is 0.306 e. The van der Waals surface area contributed by atoms with Gasteiger partial charge in [0.2, 0.25) is 5.91 Å². The second-order valence-electron chi connectivity index (χ2n) is 3.20. The normalized spacial score (nSPS) is 9.50. The average Bonchev–Trinajstić information content (AvgIpc) is 2.34. The minimum absolute atomic E-state index is 0.0463. The maximum absolute atomic E-state index is 11.2. The van der Waals surface area contributed by atoms with Gasteiger partial charge in [0.05, 0.1) is 6.42 Å². The summed E-state index contributed by atoms with van der Waals surface area (Å²) >= 11 is 0. The lowest BCUT2D eigenvalue weighted by molar-refractivity contribution is -0.146. The van der Waals surface area contributed by atoms with Crippen molar-refractivity contribution in [1.82, 2.24) is 0 Å². The number of benzene rings is 1. The van der Waals surface area contributed by atoms with E-state index < -0.39 is 11.9 Å². The number of hydrogen-bond acceptors (Lipinski definition) is 3. The van der Waals surface area contributed by atoms with Crippen LogP contribution in [0.3, 0.4) is 0 Å². The van der Waals surface area contributed by atoms with Gasteiger partial charge in [-0.05, 0) is 12.3 Å². The highest BCUT2D eigenvalue weighted by atomic mass is 16.5. The van der Waals surface area contributed by atoms with Gasteiger partial charge in [-0.1, -0.05) is 30.3 Å². The van der Waals surface area contributed by atoms with Gasteiger partial charge in [0.15, 0.2) is 0 Å². The van der Waals surface area contributed by atoms with Crippen LogP contribution in [-0.2, 0) is 20.9 Å². The Hall–Kier alpha value is -1.97. The van der Waals surface area contributed by atoms with E-state index >= 15 is 0 Å². The van der Waals surface area contributed by atoms with Crippen LogP contribution >= 0.6 is 0 Å². The molecule has 1 aromatic rings. The van der Waals surface area contributed by atoms with Crippen molar-refractivity contribution in [2.24, 2.45) is 4.99 Å². The molecule has 0 atom stereocenters. The molecular formula is C12H13NO3. The number of aliphatic imine (C=N–C) groups is 1. The molecule has 0 aliphatic rings. The third-order valence-electron chi connectivity index (χ3n) is 1.96. The first-order chi connectivity index (χ1) is 7.72. The molecule has 1 amide bonds. The number of nitrogens with zero attached hydrogens (tertiary/aromatic N) is 1. The van der Waals surface area contributed by atoms with E-state index in [1.807, 2.05) is 30.3 Å². The molecule has 16 heavy (non-hydrogen) atoms. The van der Waals surface area contributed by atoms with Crippen LogP contribution in [0.4, 0.5) is 0 Å². The fourth-order valence-electron chi connectivity index (χ4n) is 1.10. The Morgan fingerprint density at radius 3 is 2.50 bits per heavy atom. The summed E-state index contributed by atoms with van der Waals surface area (Å²) in [6.07, 6.45) is 0.0990. The van der Waals surface area contributed by atoms with Gasteiger partial charge in [-0.25, -0.2) is 4.99 Å². The summed E-state index contributed by atoms with van der Waals surface area (Å²) in [7, 11) is 0. The molecule has 1 aromatic carbocycles. The smallest absolute Gasteiger partial charge is 0.306 e. The summed E-state index contributed by atoms with van der Waals surface area (Å²) in [4.78, 5) is 25.1. The fourth-order valence-corrected chi connectivity index (χ4v) is 1.10. The van der Waals surface area contributed by atoms with Crippen LogP contribution in [0.1, 0.15) is 18.4 Å². The molecule has 0 unspecified atom stereocenters. The standard InChI is InChI=1S/C12H13NO3/c1-13-11(14)7-8-12(15)16-9-10-5-3-2-4-6-10/h2-6H,1,7-9H2. The summed E-state index contributed by atoms with van der Waals surface area (Å²) < 4.78 is 4.97. The van der Waals surface area contributed by atoms with Crippen molar-refractivity contribution in [3.63, 3.8) is 0 Å². The number of hydrogen-bond donors (Lipinski definition) is 0. The van der Waals surface area contributed by atoms with E-state index in [9.17, 15) is 9.59 Å². The molecule has 0 N–H and O–H groups in total. The van der Waals surface area contributed by atoms with Crippen LogP contribution in [0.2, 0.25) is 0 Å². The minimum atomic E-state index is -0.402. The monoisotopic (exact) mass is 219 g/mol. The van der Waals surface area contributed by atoms with Crippen molar-refractivity contribution in [2.75, 3.05) is 0 Å². The Morgan fingerprint density at radius 2 is 1.88 bits per heavy atom. The zero-order valence-corrected chi connectivity index (χ0v) is 8.89. The molecule has 0 aromatic heterocycles. The van der Waals surface area contributed by atoms with Crippen molar-refractivity contribution in [3.05, 3.63) is 35.9 Å². The number of carbonyl (C=O) groups is 2. The number of amides is 1. The molecule has 4 heteroatoms. The summed E-state index contributed by atoms with van der Waals surface area (Å²) in [6.45, 7) is 3.31. The van der Waals surface area contributed by atoms with Crippen LogP contribution in [0.15, 0.2) is 35.3 Å². The van der Waals surface area contributed by atoms with Crippen LogP contribution in [-0.4, -0.2) is 18.6 Å². The summed E-state index contributed by atoms with van der Waals surface area (Å²) in [6, 6.07) is 9.36. The van der Waals surface area contributed by atoms with Gasteiger partial charge in [-0.2, -0.15) is 0 Å². The second kappa shape index (κ2) is 6.50. The summed E-state index contributed by atoms with van der Waals surface area (Å²) in [5, 5.41) is 0. The maximum atomic E-state index is 11.2. The zero-order chi connectivity index (χ0) is 11.8. The van der Waals surface area contributed by atoms with Crippen molar-refractivity contribution in [2.45, 2.75) is 19.4 Å². The predicted molar refractivity (Wildman–Crippen MR) is 60.0 cm³/mol. The lowest BCUT2D eigenvalue weighted by Crippen LogP contribution is -2.06. The minimum Gasteiger partial charge on any atom is -0.461 e. The zero-order valence-electron chi connectivity index (χ0n) is 8.89. The molecular weight excluding hydrogens is 206 g/mol. The first kappa shape index (κ1) is 12.1. The molecule has 0 aliphatic heterocycles. The fraction of sp³-hybridized carbons (Fsp3) is 0.250. The van der Waals surface area contributed by atoms with Crippen LogP contribution < -0.4 is 0 Å². The molecule has 0 heterocycles. The van der Waals surface area contributed by atoms with Gasteiger partial charge in [0.1, 0.15) is 6.61 Å². The first-order valence-corrected chi connectivity index (χ1v) is 4.91. The van der Waals surface area contributed by atoms with E-state index in [4.69, 9.17) is 4.74 Å². The molecule has 4 nitrogen and oxygen atoms in total. The largest absolute Gasteiger partial charge is 0.461 e. The lowest BCUT2D eigenvalue weighted by atomic mass is 10.2. The molecule has 0 saturated carbocycles. The SMILES string of the molecule is C=NC(=O)CCC(=O)OCc1ccccc1. The van der Waals surface area contributed by atoms with Crippen molar-refractivity contribution < 1.29 is 14.3 Å². The predicted octanol–water partition coefficient (Wildman–Crippen LogP) is 1.74. The van der Waals surface area contributed by atoms with E-state index in [-0.39, 0.29) is 19.4 Å². The highest BCUT2D eigenvalue weighted by molar-refractivity contribution is 5.84.